The van der Waals surface area contributed by atoms with E-state index in [4.69, 9.17) is 5.26 Å². The Balaban J connectivity index is 2.32. The van der Waals surface area contributed by atoms with Crippen LogP contribution in [0.25, 0.3) is 0 Å². The number of para-hydroxylation sites is 1. The lowest BCUT2D eigenvalue weighted by Gasteiger charge is -1.98. The van der Waals surface area contributed by atoms with Crippen molar-refractivity contribution in [2.75, 3.05) is 0 Å². The fraction of sp³-hybridized carbons (Fsp3) is 0.250. The Morgan fingerprint density at radius 1 is 1.27 bits per heavy atom. The predicted molar refractivity (Wildman–Crippen MR) is 57.1 cm³/mol. The number of nitriles is 1. The number of hydrogen-bond acceptors (Lipinski definition) is 3. The second-order valence-electron chi connectivity index (χ2n) is 3.52. The molecule has 0 N–H and O–H groups in total. The summed E-state index contributed by atoms with van der Waals surface area (Å²) in [5.74, 6) is 0.239. The molecular formula is C12H10N2O. The zero-order valence-electron chi connectivity index (χ0n) is 8.23. The van der Waals surface area contributed by atoms with Crippen LogP contribution in [0, 0.1) is 11.3 Å². The van der Waals surface area contributed by atoms with E-state index in [1.165, 1.54) is 0 Å². The average molecular weight is 198 g/mol. The number of ketones is 1. The molecule has 1 fully saturated rings. The van der Waals surface area contributed by atoms with E-state index >= 15 is 0 Å². The van der Waals surface area contributed by atoms with Gasteiger partial charge in [-0.25, -0.2) is 0 Å². The summed E-state index contributed by atoms with van der Waals surface area (Å²) >= 11 is 0. The van der Waals surface area contributed by atoms with Crippen molar-refractivity contribution >= 4 is 17.2 Å². The molecule has 15 heavy (non-hydrogen) atoms. The second kappa shape index (κ2) is 4.05. The van der Waals surface area contributed by atoms with E-state index in [0.717, 1.165) is 12.1 Å². The van der Waals surface area contributed by atoms with Crippen molar-refractivity contribution in [1.29, 1.82) is 5.26 Å². The second-order valence-corrected chi connectivity index (χ2v) is 3.52. The molecule has 0 bridgehead atoms. The molecule has 1 aliphatic rings. The summed E-state index contributed by atoms with van der Waals surface area (Å²) < 4.78 is 0. The number of benzene rings is 1. The molecule has 1 saturated carbocycles. The van der Waals surface area contributed by atoms with Gasteiger partial charge in [0.25, 0.3) is 0 Å². The molecule has 3 heteroatoms. The number of nitrogens with zero attached hydrogens (tertiary/aromatic N) is 2. The molecule has 0 saturated heterocycles. The van der Waals surface area contributed by atoms with Crippen molar-refractivity contribution in [2.45, 2.75) is 19.3 Å². The van der Waals surface area contributed by atoms with Gasteiger partial charge in [0.15, 0.2) is 0 Å². The lowest BCUT2D eigenvalue weighted by atomic mass is 10.2. The SMILES string of the molecule is N#Cc1ccccc1N=C1CCC(=O)C1. The average Bonchev–Trinajstić information content (AvgIpc) is 2.65. The summed E-state index contributed by atoms with van der Waals surface area (Å²) in [6.07, 6.45) is 1.77. The van der Waals surface area contributed by atoms with E-state index in [9.17, 15) is 4.79 Å². The molecule has 3 nitrogen and oxygen atoms in total. The number of rotatable bonds is 1. The summed E-state index contributed by atoms with van der Waals surface area (Å²) in [6.45, 7) is 0. The highest BCUT2D eigenvalue weighted by Crippen LogP contribution is 2.21. The third-order valence-electron chi connectivity index (χ3n) is 2.40. The van der Waals surface area contributed by atoms with Crippen LogP contribution in [-0.2, 0) is 4.79 Å². The zero-order chi connectivity index (χ0) is 10.7. The van der Waals surface area contributed by atoms with Crippen molar-refractivity contribution in [1.82, 2.24) is 0 Å². The summed E-state index contributed by atoms with van der Waals surface area (Å²) in [4.78, 5) is 15.4. The molecule has 0 heterocycles. The first-order valence-electron chi connectivity index (χ1n) is 4.87. The van der Waals surface area contributed by atoms with Crippen molar-refractivity contribution in [3.8, 4) is 6.07 Å². The molecular weight excluding hydrogens is 188 g/mol. The Morgan fingerprint density at radius 2 is 2.07 bits per heavy atom. The molecule has 2 rings (SSSR count). The molecule has 74 valence electrons. The van der Waals surface area contributed by atoms with Crippen LogP contribution < -0.4 is 0 Å². The van der Waals surface area contributed by atoms with Crippen molar-refractivity contribution in [2.24, 2.45) is 4.99 Å². The van der Waals surface area contributed by atoms with Gasteiger partial charge in [0.1, 0.15) is 11.9 Å². The Labute approximate surface area is 88.1 Å². The smallest absolute Gasteiger partial charge is 0.138 e. The first kappa shape index (κ1) is 9.60. The first-order chi connectivity index (χ1) is 7.29. The predicted octanol–water partition coefficient (Wildman–Crippen LogP) is 2.38. The van der Waals surface area contributed by atoms with Gasteiger partial charge in [-0.3, -0.25) is 9.79 Å². The van der Waals surface area contributed by atoms with Crippen molar-refractivity contribution < 1.29 is 4.79 Å². The van der Waals surface area contributed by atoms with E-state index in [1.54, 1.807) is 12.1 Å². The van der Waals surface area contributed by atoms with Gasteiger partial charge in [-0.1, -0.05) is 12.1 Å². The Hall–Kier alpha value is -1.95. The minimum Gasteiger partial charge on any atom is -0.299 e. The van der Waals surface area contributed by atoms with E-state index in [2.05, 4.69) is 11.1 Å². The number of Topliss-reactive ketones (excluding diaryl/α,β-unsaturated/α-hetero) is 1. The topological polar surface area (TPSA) is 53.2 Å². The fourth-order valence-corrected chi connectivity index (χ4v) is 1.62. The molecule has 1 aromatic rings. The third kappa shape index (κ3) is 2.10. The lowest BCUT2D eigenvalue weighted by Crippen LogP contribution is -1.91. The Morgan fingerprint density at radius 3 is 2.73 bits per heavy atom. The summed E-state index contributed by atoms with van der Waals surface area (Å²) in [5.41, 5.74) is 2.12. The third-order valence-corrected chi connectivity index (χ3v) is 2.40. The normalized spacial score (nSPS) is 18.1. The van der Waals surface area contributed by atoms with Gasteiger partial charge in [-0.05, 0) is 18.6 Å². The number of aliphatic imine (C=N–C) groups is 1. The minimum absolute atomic E-state index is 0.239. The first-order valence-corrected chi connectivity index (χ1v) is 4.87. The highest BCUT2D eigenvalue weighted by Gasteiger charge is 2.17. The molecule has 1 aromatic carbocycles. The van der Waals surface area contributed by atoms with Crippen LogP contribution in [-0.4, -0.2) is 11.5 Å². The van der Waals surface area contributed by atoms with Gasteiger partial charge >= 0.3 is 0 Å². The van der Waals surface area contributed by atoms with E-state index in [0.29, 0.717) is 24.1 Å². The summed E-state index contributed by atoms with van der Waals surface area (Å²) in [7, 11) is 0. The van der Waals surface area contributed by atoms with Crippen LogP contribution in [0.15, 0.2) is 29.3 Å². The lowest BCUT2D eigenvalue weighted by molar-refractivity contribution is -0.116. The van der Waals surface area contributed by atoms with Crippen LogP contribution in [0.4, 0.5) is 5.69 Å². The molecule has 0 unspecified atom stereocenters. The quantitative estimate of drug-likeness (QED) is 0.695. The van der Waals surface area contributed by atoms with Crippen LogP contribution in [0.3, 0.4) is 0 Å². The van der Waals surface area contributed by atoms with Gasteiger partial charge in [0.05, 0.1) is 11.3 Å². The van der Waals surface area contributed by atoms with Crippen LogP contribution >= 0.6 is 0 Å². The maximum Gasteiger partial charge on any atom is 0.138 e. The molecule has 0 aromatic heterocycles. The largest absolute Gasteiger partial charge is 0.299 e. The van der Waals surface area contributed by atoms with Crippen LogP contribution in [0.1, 0.15) is 24.8 Å². The molecule has 0 amide bonds. The van der Waals surface area contributed by atoms with E-state index in [1.807, 2.05) is 12.1 Å². The van der Waals surface area contributed by atoms with Crippen LogP contribution in [0.2, 0.25) is 0 Å². The maximum atomic E-state index is 11.1. The highest BCUT2D eigenvalue weighted by atomic mass is 16.1. The molecule has 0 aliphatic heterocycles. The monoisotopic (exact) mass is 198 g/mol. The van der Waals surface area contributed by atoms with Crippen molar-refractivity contribution in [3.63, 3.8) is 0 Å². The van der Waals surface area contributed by atoms with Gasteiger partial charge in [-0.15, -0.1) is 0 Å². The number of carbonyl (C=O) groups is 1. The molecule has 0 spiro atoms. The molecule has 0 radical (unpaired) electrons. The number of carbonyl (C=O) groups excluding carboxylic acids is 1. The maximum absolute atomic E-state index is 11.1. The van der Waals surface area contributed by atoms with Gasteiger partial charge in [-0.2, -0.15) is 5.26 Å². The van der Waals surface area contributed by atoms with Gasteiger partial charge in [0, 0.05) is 18.6 Å². The standard InChI is InChI=1S/C12H10N2O/c13-8-9-3-1-2-4-12(9)14-10-5-6-11(15)7-10/h1-4H,5-7H2. The number of hydrogen-bond donors (Lipinski definition) is 0. The van der Waals surface area contributed by atoms with E-state index < -0.39 is 0 Å². The van der Waals surface area contributed by atoms with E-state index in [-0.39, 0.29) is 5.78 Å². The fourth-order valence-electron chi connectivity index (χ4n) is 1.62. The van der Waals surface area contributed by atoms with Crippen LogP contribution in [0.5, 0.6) is 0 Å². The Bertz CT molecular complexity index is 469. The summed E-state index contributed by atoms with van der Waals surface area (Å²) in [6, 6.07) is 9.27. The molecule has 0 atom stereocenters. The highest BCUT2D eigenvalue weighted by molar-refractivity contribution is 6.09. The van der Waals surface area contributed by atoms with Gasteiger partial charge in [0.2, 0.25) is 0 Å². The minimum atomic E-state index is 0.239. The molecule has 1 aliphatic carbocycles. The van der Waals surface area contributed by atoms with Crippen molar-refractivity contribution in [3.05, 3.63) is 29.8 Å². The Kier molecular flexibility index (Phi) is 2.59. The zero-order valence-corrected chi connectivity index (χ0v) is 8.23. The summed E-state index contributed by atoms with van der Waals surface area (Å²) in [5, 5.41) is 8.86. The van der Waals surface area contributed by atoms with Gasteiger partial charge < -0.3 is 0 Å².